The fourth-order valence-corrected chi connectivity index (χ4v) is 2.80. The smallest absolute Gasteiger partial charge is 0.306 e. The van der Waals surface area contributed by atoms with Gasteiger partial charge in [0, 0.05) is 13.1 Å². The minimum Gasteiger partial charge on any atom is -0.481 e. The van der Waals surface area contributed by atoms with Crippen molar-refractivity contribution in [3.05, 3.63) is 0 Å². The maximum atomic E-state index is 12.0. The average Bonchev–Trinajstić information content (AvgIpc) is 2.45. The van der Waals surface area contributed by atoms with Crippen molar-refractivity contribution < 1.29 is 24.2 Å². The number of aliphatic carboxylic acids is 1. The van der Waals surface area contributed by atoms with Crippen LogP contribution in [0.3, 0.4) is 0 Å². The Labute approximate surface area is 119 Å². The molecule has 20 heavy (non-hydrogen) atoms. The molecule has 1 amide bonds. The van der Waals surface area contributed by atoms with E-state index in [0.29, 0.717) is 32.5 Å². The summed E-state index contributed by atoms with van der Waals surface area (Å²) in [6, 6.07) is 0. The monoisotopic (exact) mass is 285 g/mol. The molecule has 1 atom stereocenters. The van der Waals surface area contributed by atoms with Gasteiger partial charge in [0.2, 0.25) is 5.91 Å². The van der Waals surface area contributed by atoms with Crippen LogP contribution in [0.25, 0.3) is 0 Å². The second-order valence-electron chi connectivity index (χ2n) is 5.64. The second-order valence-corrected chi connectivity index (χ2v) is 5.64. The third-order valence-electron chi connectivity index (χ3n) is 4.06. The van der Waals surface area contributed by atoms with Crippen LogP contribution in [0.15, 0.2) is 0 Å². The van der Waals surface area contributed by atoms with Gasteiger partial charge in [0.05, 0.1) is 24.7 Å². The van der Waals surface area contributed by atoms with E-state index in [9.17, 15) is 9.59 Å². The highest BCUT2D eigenvalue weighted by atomic mass is 16.5. The summed E-state index contributed by atoms with van der Waals surface area (Å²) in [5.74, 6) is -0.965. The van der Waals surface area contributed by atoms with Crippen LogP contribution in [0.4, 0.5) is 0 Å². The molecule has 6 heteroatoms. The molecule has 1 N–H and O–H groups in total. The van der Waals surface area contributed by atoms with Gasteiger partial charge in [-0.05, 0) is 32.6 Å². The molecule has 1 unspecified atom stereocenters. The lowest BCUT2D eigenvalue weighted by Crippen LogP contribution is -2.46. The summed E-state index contributed by atoms with van der Waals surface area (Å²) in [6.07, 6.45) is 2.84. The molecule has 0 aromatic rings. The molecule has 1 saturated carbocycles. The lowest BCUT2D eigenvalue weighted by Gasteiger charge is -2.32. The van der Waals surface area contributed by atoms with Crippen LogP contribution in [-0.4, -0.2) is 60.4 Å². The Morgan fingerprint density at radius 3 is 2.60 bits per heavy atom. The number of amides is 1. The lowest BCUT2D eigenvalue weighted by molar-refractivity contribution is -0.148. The molecule has 6 nitrogen and oxygen atoms in total. The van der Waals surface area contributed by atoms with Crippen molar-refractivity contribution in [1.29, 1.82) is 0 Å². The Hall–Kier alpha value is -1.14. The van der Waals surface area contributed by atoms with E-state index in [1.165, 1.54) is 0 Å². The summed E-state index contributed by atoms with van der Waals surface area (Å²) < 4.78 is 11.0. The molecular weight excluding hydrogens is 262 g/mol. The highest BCUT2D eigenvalue weighted by Gasteiger charge is 2.27. The van der Waals surface area contributed by atoms with Gasteiger partial charge >= 0.3 is 5.97 Å². The highest BCUT2D eigenvalue weighted by molar-refractivity contribution is 5.77. The predicted molar refractivity (Wildman–Crippen MR) is 71.3 cm³/mol. The number of morpholine rings is 1. The summed E-state index contributed by atoms with van der Waals surface area (Å²) in [6.45, 7) is 3.87. The molecule has 114 valence electrons. The summed E-state index contributed by atoms with van der Waals surface area (Å²) >= 11 is 0. The zero-order chi connectivity index (χ0) is 14.5. The van der Waals surface area contributed by atoms with Crippen molar-refractivity contribution in [3.8, 4) is 0 Å². The van der Waals surface area contributed by atoms with Crippen LogP contribution in [0.1, 0.15) is 32.6 Å². The molecule has 0 aromatic carbocycles. The summed E-state index contributed by atoms with van der Waals surface area (Å²) in [7, 11) is 0. The molecule has 1 aliphatic carbocycles. The van der Waals surface area contributed by atoms with Crippen LogP contribution in [0.5, 0.6) is 0 Å². The average molecular weight is 285 g/mol. The first-order valence-corrected chi connectivity index (χ1v) is 7.30. The van der Waals surface area contributed by atoms with Crippen molar-refractivity contribution >= 4 is 11.9 Å². The SMILES string of the molecule is CC1CN(C(=O)COC2CCC(C(=O)O)CC2)CCO1. The van der Waals surface area contributed by atoms with Gasteiger partial charge in [-0.2, -0.15) is 0 Å². The standard InChI is InChI=1S/C14H23NO5/c1-10-8-15(6-7-19-10)13(16)9-20-12-4-2-11(3-5-12)14(17)18/h10-12H,2-9H2,1H3,(H,17,18). The van der Waals surface area contributed by atoms with Gasteiger partial charge < -0.3 is 19.5 Å². The lowest BCUT2D eigenvalue weighted by atomic mass is 9.87. The minimum atomic E-state index is -0.721. The topological polar surface area (TPSA) is 76.1 Å². The van der Waals surface area contributed by atoms with E-state index in [4.69, 9.17) is 14.6 Å². The van der Waals surface area contributed by atoms with E-state index < -0.39 is 5.97 Å². The van der Waals surface area contributed by atoms with Crippen molar-refractivity contribution in [2.75, 3.05) is 26.3 Å². The number of nitrogens with zero attached hydrogens (tertiary/aromatic N) is 1. The number of carboxylic acids is 1. The molecule has 1 aliphatic heterocycles. The summed E-state index contributed by atoms with van der Waals surface area (Å²) in [4.78, 5) is 24.6. The number of hydrogen-bond donors (Lipinski definition) is 1. The fourth-order valence-electron chi connectivity index (χ4n) is 2.80. The van der Waals surface area contributed by atoms with Crippen LogP contribution >= 0.6 is 0 Å². The predicted octanol–water partition coefficient (Wildman–Crippen LogP) is 0.894. The first kappa shape index (κ1) is 15.3. The molecule has 0 bridgehead atoms. The van der Waals surface area contributed by atoms with E-state index >= 15 is 0 Å². The van der Waals surface area contributed by atoms with Crippen LogP contribution < -0.4 is 0 Å². The summed E-state index contributed by atoms with van der Waals surface area (Å²) in [5.41, 5.74) is 0. The quantitative estimate of drug-likeness (QED) is 0.830. The molecule has 0 spiro atoms. The first-order chi connectivity index (χ1) is 9.56. The zero-order valence-corrected chi connectivity index (χ0v) is 11.9. The largest absolute Gasteiger partial charge is 0.481 e. The molecular formula is C14H23NO5. The third kappa shape index (κ3) is 4.18. The molecule has 2 fully saturated rings. The van der Waals surface area contributed by atoms with Gasteiger partial charge in [0.25, 0.3) is 0 Å². The Morgan fingerprint density at radius 2 is 2.00 bits per heavy atom. The summed E-state index contributed by atoms with van der Waals surface area (Å²) in [5, 5.41) is 8.92. The van der Waals surface area contributed by atoms with Gasteiger partial charge in [0.1, 0.15) is 6.61 Å². The van der Waals surface area contributed by atoms with E-state index in [1.54, 1.807) is 4.90 Å². The third-order valence-corrected chi connectivity index (χ3v) is 4.06. The maximum Gasteiger partial charge on any atom is 0.306 e. The van der Waals surface area contributed by atoms with Crippen LogP contribution in [-0.2, 0) is 19.1 Å². The maximum absolute atomic E-state index is 12.0. The van der Waals surface area contributed by atoms with Crippen molar-refractivity contribution in [1.82, 2.24) is 4.90 Å². The number of rotatable bonds is 4. The first-order valence-electron chi connectivity index (χ1n) is 7.30. The Bertz CT molecular complexity index is 351. The molecule has 0 aromatic heterocycles. The number of ether oxygens (including phenoxy) is 2. The van der Waals surface area contributed by atoms with Crippen molar-refractivity contribution in [3.63, 3.8) is 0 Å². The van der Waals surface area contributed by atoms with Crippen LogP contribution in [0, 0.1) is 5.92 Å². The Balaban J connectivity index is 1.68. The minimum absolute atomic E-state index is 0.000470. The van der Waals surface area contributed by atoms with E-state index in [1.807, 2.05) is 6.92 Å². The van der Waals surface area contributed by atoms with Gasteiger partial charge in [-0.3, -0.25) is 9.59 Å². The fraction of sp³-hybridized carbons (Fsp3) is 0.857. The van der Waals surface area contributed by atoms with Crippen molar-refractivity contribution in [2.24, 2.45) is 5.92 Å². The van der Waals surface area contributed by atoms with Gasteiger partial charge in [-0.15, -0.1) is 0 Å². The molecule has 2 rings (SSSR count). The van der Waals surface area contributed by atoms with Gasteiger partial charge in [-0.1, -0.05) is 0 Å². The van der Waals surface area contributed by atoms with E-state index in [0.717, 1.165) is 12.8 Å². The molecule has 2 aliphatic rings. The number of carboxylic acid groups (broad SMARTS) is 1. The number of hydrogen-bond acceptors (Lipinski definition) is 4. The second kappa shape index (κ2) is 7.04. The molecule has 0 radical (unpaired) electrons. The van der Waals surface area contributed by atoms with E-state index in [-0.39, 0.29) is 30.6 Å². The Morgan fingerprint density at radius 1 is 1.30 bits per heavy atom. The van der Waals surface area contributed by atoms with Crippen molar-refractivity contribution in [2.45, 2.75) is 44.8 Å². The molecule has 1 saturated heterocycles. The zero-order valence-electron chi connectivity index (χ0n) is 11.9. The van der Waals surface area contributed by atoms with E-state index in [2.05, 4.69) is 0 Å². The van der Waals surface area contributed by atoms with Gasteiger partial charge in [-0.25, -0.2) is 0 Å². The normalized spacial score (nSPS) is 31.1. The van der Waals surface area contributed by atoms with Gasteiger partial charge in [0.15, 0.2) is 0 Å². The number of carbonyl (C=O) groups excluding carboxylic acids is 1. The molecule has 1 heterocycles. The Kier molecular flexibility index (Phi) is 5.37. The number of carbonyl (C=O) groups is 2. The highest BCUT2D eigenvalue weighted by Crippen LogP contribution is 2.26. The van der Waals surface area contributed by atoms with Crippen LogP contribution in [0.2, 0.25) is 0 Å².